The fourth-order valence-corrected chi connectivity index (χ4v) is 3.76. The van der Waals surface area contributed by atoms with Crippen LogP contribution in [-0.4, -0.2) is 22.9 Å². The highest BCUT2D eigenvalue weighted by Gasteiger charge is 2.38. The van der Waals surface area contributed by atoms with E-state index in [-0.39, 0.29) is 11.9 Å². The first kappa shape index (κ1) is 17.6. The lowest BCUT2D eigenvalue weighted by molar-refractivity contribution is 0.0735. The predicted molar refractivity (Wildman–Crippen MR) is 105 cm³/mol. The van der Waals surface area contributed by atoms with Crippen LogP contribution in [0.2, 0.25) is 5.15 Å². The highest BCUT2D eigenvalue weighted by molar-refractivity contribution is 6.29. The summed E-state index contributed by atoms with van der Waals surface area (Å²) in [4.78, 5) is 19.3. The topological polar surface area (TPSA) is 42.4 Å². The fraction of sp³-hybridized carbons (Fsp3) is 0.182. The Kier molecular flexibility index (Phi) is 4.58. The van der Waals surface area contributed by atoms with Crippen LogP contribution in [0.3, 0.4) is 0 Å². The highest BCUT2D eigenvalue weighted by Crippen LogP contribution is 2.40. The third kappa shape index (κ3) is 3.17. The molecule has 1 aliphatic heterocycles. The molecule has 0 spiro atoms. The van der Waals surface area contributed by atoms with Crippen molar-refractivity contribution in [3.8, 4) is 5.75 Å². The molecular formula is C22H19ClN2O2. The number of carbonyl (C=O) groups excluding carboxylic acids is 1. The van der Waals surface area contributed by atoms with E-state index < -0.39 is 0 Å². The van der Waals surface area contributed by atoms with Crippen molar-refractivity contribution in [3.63, 3.8) is 0 Å². The molecule has 0 saturated carbocycles. The maximum Gasteiger partial charge on any atom is 0.255 e. The molecule has 2 heterocycles. The van der Waals surface area contributed by atoms with E-state index >= 15 is 0 Å². The quantitative estimate of drug-likeness (QED) is 0.612. The summed E-state index contributed by atoms with van der Waals surface area (Å²) in [5.74, 6) is 0.764. The van der Waals surface area contributed by atoms with Crippen LogP contribution in [0.1, 0.15) is 38.7 Å². The van der Waals surface area contributed by atoms with Gasteiger partial charge in [0.1, 0.15) is 10.9 Å². The Morgan fingerprint density at radius 2 is 1.85 bits per heavy atom. The zero-order chi connectivity index (χ0) is 19.0. The number of ether oxygens (including phenoxy) is 1. The summed E-state index contributed by atoms with van der Waals surface area (Å²) in [6.07, 6.45) is 1.72. The third-order valence-electron chi connectivity index (χ3n) is 4.99. The first-order chi connectivity index (χ1) is 13.1. The van der Waals surface area contributed by atoms with Crippen molar-refractivity contribution in [2.45, 2.75) is 19.5 Å². The second-order valence-electron chi connectivity index (χ2n) is 6.63. The molecule has 27 heavy (non-hydrogen) atoms. The molecule has 1 aromatic heterocycles. The Labute approximate surface area is 163 Å². The SMILES string of the molecule is COc1ccc(CN2C(=O)c3cc(Cl)ncc3C2c2ccccc2C)cc1. The van der Waals surface area contributed by atoms with Crippen molar-refractivity contribution in [2.75, 3.05) is 7.11 Å². The third-order valence-corrected chi connectivity index (χ3v) is 5.20. The molecule has 136 valence electrons. The number of rotatable bonds is 4. The molecule has 4 nitrogen and oxygen atoms in total. The largest absolute Gasteiger partial charge is 0.497 e. The van der Waals surface area contributed by atoms with Gasteiger partial charge in [-0.05, 0) is 41.8 Å². The Morgan fingerprint density at radius 3 is 2.56 bits per heavy atom. The second kappa shape index (κ2) is 7.05. The number of aryl methyl sites for hydroxylation is 1. The summed E-state index contributed by atoms with van der Waals surface area (Å²) >= 11 is 6.06. The van der Waals surface area contributed by atoms with E-state index in [1.807, 2.05) is 41.3 Å². The van der Waals surface area contributed by atoms with E-state index in [0.29, 0.717) is 17.3 Å². The zero-order valence-electron chi connectivity index (χ0n) is 15.1. The molecule has 0 N–H and O–H groups in total. The molecule has 3 aromatic rings. The van der Waals surface area contributed by atoms with Gasteiger partial charge in [-0.2, -0.15) is 0 Å². The van der Waals surface area contributed by atoms with E-state index in [9.17, 15) is 4.79 Å². The molecule has 0 aliphatic carbocycles. The van der Waals surface area contributed by atoms with Crippen LogP contribution in [0.15, 0.2) is 60.8 Å². The summed E-state index contributed by atoms with van der Waals surface area (Å²) in [5.41, 5.74) is 4.79. The summed E-state index contributed by atoms with van der Waals surface area (Å²) in [7, 11) is 1.64. The minimum absolute atomic E-state index is 0.0293. The van der Waals surface area contributed by atoms with Gasteiger partial charge in [0, 0.05) is 23.9 Å². The standard InChI is InChI=1S/C22H19ClN2O2/c1-14-5-3-4-6-17(14)21-19-12-24-20(23)11-18(19)22(26)25(21)13-15-7-9-16(27-2)10-8-15/h3-12,21H,13H2,1-2H3. The molecule has 0 saturated heterocycles. The van der Waals surface area contributed by atoms with Crippen LogP contribution in [0.5, 0.6) is 5.75 Å². The van der Waals surface area contributed by atoms with Gasteiger partial charge in [-0.3, -0.25) is 4.79 Å². The summed E-state index contributed by atoms with van der Waals surface area (Å²) in [6.45, 7) is 2.56. The molecule has 0 bridgehead atoms. The Morgan fingerprint density at radius 1 is 1.11 bits per heavy atom. The number of nitrogens with zero attached hydrogens (tertiary/aromatic N) is 2. The van der Waals surface area contributed by atoms with Gasteiger partial charge in [-0.25, -0.2) is 4.98 Å². The highest BCUT2D eigenvalue weighted by atomic mass is 35.5. The number of hydrogen-bond donors (Lipinski definition) is 0. The summed E-state index contributed by atoms with van der Waals surface area (Å²) in [5, 5.41) is 0.330. The zero-order valence-corrected chi connectivity index (χ0v) is 15.9. The monoisotopic (exact) mass is 378 g/mol. The van der Waals surface area contributed by atoms with Crippen LogP contribution in [0.4, 0.5) is 0 Å². The molecule has 1 amide bonds. The lowest BCUT2D eigenvalue weighted by Gasteiger charge is -2.27. The van der Waals surface area contributed by atoms with Crippen LogP contribution in [0, 0.1) is 6.92 Å². The van der Waals surface area contributed by atoms with E-state index in [0.717, 1.165) is 28.0 Å². The summed E-state index contributed by atoms with van der Waals surface area (Å²) in [6, 6.07) is 17.4. The van der Waals surface area contributed by atoms with Crippen LogP contribution in [-0.2, 0) is 6.54 Å². The minimum atomic E-state index is -0.180. The van der Waals surface area contributed by atoms with Gasteiger partial charge in [-0.1, -0.05) is 48.0 Å². The van der Waals surface area contributed by atoms with Gasteiger partial charge in [0.25, 0.3) is 5.91 Å². The van der Waals surface area contributed by atoms with E-state index in [2.05, 4.69) is 24.0 Å². The van der Waals surface area contributed by atoms with E-state index in [1.165, 1.54) is 0 Å². The maximum absolute atomic E-state index is 13.2. The van der Waals surface area contributed by atoms with Crippen molar-refractivity contribution in [1.82, 2.24) is 9.88 Å². The van der Waals surface area contributed by atoms with Crippen molar-refractivity contribution >= 4 is 17.5 Å². The number of methoxy groups -OCH3 is 1. The van der Waals surface area contributed by atoms with Crippen LogP contribution < -0.4 is 4.74 Å². The van der Waals surface area contributed by atoms with Crippen molar-refractivity contribution in [1.29, 1.82) is 0 Å². The molecule has 1 aliphatic rings. The minimum Gasteiger partial charge on any atom is -0.497 e. The lowest BCUT2D eigenvalue weighted by atomic mass is 9.95. The molecule has 1 unspecified atom stereocenters. The Bertz CT molecular complexity index is 1000. The predicted octanol–water partition coefficient (Wildman–Crippen LogP) is 4.80. The number of hydrogen-bond acceptors (Lipinski definition) is 3. The van der Waals surface area contributed by atoms with Gasteiger partial charge < -0.3 is 9.64 Å². The first-order valence-electron chi connectivity index (χ1n) is 8.73. The number of fused-ring (bicyclic) bond motifs is 1. The molecule has 4 rings (SSSR count). The molecule has 0 fully saturated rings. The second-order valence-corrected chi connectivity index (χ2v) is 7.02. The molecule has 5 heteroatoms. The number of aromatic nitrogens is 1. The average molecular weight is 379 g/mol. The number of benzene rings is 2. The van der Waals surface area contributed by atoms with E-state index in [4.69, 9.17) is 16.3 Å². The smallest absolute Gasteiger partial charge is 0.255 e. The Balaban J connectivity index is 1.78. The van der Waals surface area contributed by atoms with Crippen LogP contribution in [0.25, 0.3) is 0 Å². The molecule has 1 atom stereocenters. The van der Waals surface area contributed by atoms with Gasteiger partial charge in [0.15, 0.2) is 0 Å². The number of pyridine rings is 1. The average Bonchev–Trinajstić information content (AvgIpc) is 2.94. The van der Waals surface area contributed by atoms with E-state index in [1.54, 1.807) is 19.4 Å². The Hall–Kier alpha value is -2.85. The van der Waals surface area contributed by atoms with Crippen molar-refractivity contribution < 1.29 is 9.53 Å². The lowest BCUT2D eigenvalue weighted by Crippen LogP contribution is -2.28. The van der Waals surface area contributed by atoms with Crippen molar-refractivity contribution in [2.24, 2.45) is 0 Å². The number of amides is 1. The first-order valence-corrected chi connectivity index (χ1v) is 9.11. The van der Waals surface area contributed by atoms with Crippen LogP contribution >= 0.6 is 11.6 Å². The maximum atomic E-state index is 13.2. The van der Waals surface area contributed by atoms with Gasteiger partial charge >= 0.3 is 0 Å². The fourth-order valence-electron chi connectivity index (χ4n) is 3.60. The molecule has 0 radical (unpaired) electrons. The normalized spacial score (nSPS) is 15.7. The van der Waals surface area contributed by atoms with Gasteiger partial charge in [0.05, 0.1) is 13.2 Å². The summed E-state index contributed by atoms with van der Waals surface area (Å²) < 4.78 is 5.23. The van der Waals surface area contributed by atoms with Crippen molar-refractivity contribution in [3.05, 3.63) is 93.8 Å². The number of carbonyl (C=O) groups is 1. The van der Waals surface area contributed by atoms with Gasteiger partial charge in [0.2, 0.25) is 0 Å². The number of halogens is 1. The van der Waals surface area contributed by atoms with Gasteiger partial charge in [-0.15, -0.1) is 0 Å². The molecular weight excluding hydrogens is 360 g/mol. The molecule has 2 aromatic carbocycles.